The molecule has 0 unspecified atom stereocenters. The maximum Gasteiger partial charge on any atom is 0.0972 e. The van der Waals surface area contributed by atoms with E-state index in [2.05, 4.69) is 163 Å². The molecule has 0 amide bonds. The highest BCUT2D eigenvalue weighted by Crippen LogP contribution is 2.40. The SMILES string of the molecule is C1=C(c2cccc3ccccc23)Cc2ccc(-c3cccc(-c4ccc(-c5ccc6ccc7cccnc7c6n5)c5ccccc45)c3)cc21. The van der Waals surface area contributed by atoms with Gasteiger partial charge in [-0.25, -0.2) is 4.98 Å². The molecule has 7 aromatic carbocycles. The smallest absolute Gasteiger partial charge is 0.0972 e. The van der Waals surface area contributed by atoms with Crippen molar-refractivity contribution in [1.82, 2.24) is 9.97 Å². The lowest BCUT2D eigenvalue weighted by Crippen LogP contribution is -1.91. The van der Waals surface area contributed by atoms with Crippen molar-refractivity contribution in [2.24, 2.45) is 0 Å². The molecular weight excluding hydrogens is 593 g/mol. The van der Waals surface area contributed by atoms with Crippen LogP contribution in [0.1, 0.15) is 16.7 Å². The number of pyridine rings is 2. The summed E-state index contributed by atoms with van der Waals surface area (Å²) in [5.74, 6) is 0. The third-order valence-corrected chi connectivity index (χ3v) is 10.1. The van der Waals surface area contributed by atoms with E-state index in [1.165, 1.54) is 66.1 Å². The minimum atomic E-state index is 0.935. The van der Waals surface area contributed by atoms with Crippen molar-refractivity contribution in [2.45, 2.75) is 6.42 Å². The van der Waals surface area contributed by atoms with Crippen molar-refractivity contribution in [3.05, 3.63) is 181 Å². The summed E-state index contributed by atoms with van der Waals surface area (Å²) in [4.78, 5) is 9.86. The van der Waals surface area contributed by atoms with Crippen LogP contribution in [0.25, 0.3) is 88.5 Å². The van der Waals surface area contributed by atoms with Gasteiger partial charge in [0.05, 0.1) is 16.7 Å². The third-order valence-electron chi connectivity index (χ3n) is 10.1. The van der Waals surface area contributed by atoms with Gasteiger partial charge < -0.3 is 0 Å². The fraction of sp³-hybridized carbons (Fsp3) is 0.0213. The second-order valence-electron chi connectivity index (χ2n) is 13.0. The summed E-state index contributed by atoms with van der Waals surface area (Å²) >= 11 is 0. The van der Waals surface area contributed by atoms with Gasteiger partial charge in [-0.1, -0.05) is 140 Å². The fourth-order valence-electron chi connectivity index (χ4n) is 7.71. The number of rotatable bonds is 4. The molecule has 2 heterocycles. The van der Waals surface area contributed by atoms with Gasteiger partial charge in [-0.05, 0) is 96.7 Å². The van der Waals surface area contributed by atoms with Gasteiger partial charge in [0, 0.05) is 22.5 Å². The molecule has 2 aromatic heterocycles. The van der Waals surface area contributed by atoms with E-state index in [1.807, 2.05) is 12.3 Å². The Morgan fingerprint density at radius 2 is 1.12 bits per heavy atom. The van der Waals surface area contributed by atoms with Crippen molar-refractivity contribution < 1.29 is 0 Å². The third kappa shape index (κ3) is 4.64. The molecule has 10 rings (SSSR count). The summed E-state index contributed by atoms with van der Waals surface area (Å²) < 4.78 is 0. The molecular formula is C47H30N2. The molecule has 2 heteroatoms. The lowest BCUT2D eigenvalue weighted by atomic mass is 9.91. The zero-order valence-corrected chi connectivity index (χ0v) is 26.8. The summed E-state index contributed by atoms with van der Waals surface area (Å²) in [7, 11) is 0. The van der Waals surface area contributed by atoms with Gasteiger partial charge in [0.25, 0.3) is 0 Å². The largest absolute Gasteiger partial charge is 0.254 e. The Labute approximate surface area is 284 Å². The summed E-state index contributed by atoms with van der Waals surface area (Å²) in [5, 5.41) is 7.20. The van der Waals surface area contributed by atoms with Crippen LogP contribution in [0.4, 0.5) is 0 Å². The molecule has 0 fully saturated rings. The molecule has 0 radical (unpaired) electrons. The predicted molar refractivity (Wildman–Crippen MR) is 206 cm³/mol. The molecule has 9 aromatic rings. The molecule has 49 heavy (non-hydrogen) atoms. The van der Waals surface area contributed by atoms with Gasteiger partial charge in [0.2, 0.25) is 0 Å². The fourth-order valence-corrected chi connectivity index (χ4v) is 7.71. The number of hydrogen-bond donors (Lipinski definition) is 0. The summed E-state index contributed by atoms with van der Waals surface area (Å²) in [6.07, 6.45) is 5.19. The van der Waals surface area contributed by atoms with E-state index in [0.717, 1.165) is 39.5 Å². The van der Waals surface area contributed by atoms with Gasteiger partial charge in [-0.2, -0.15) is 0 Å². The Kier molecular flexibility index (Phi) is 6.28. The van der Waals surface area contributed by atoms with Gasteiger partial charge in [0.15, 0.2) is 0 Å². The lowest BCUT2D eigenvalue weighted by molar-refractivity contribution is 1.32. The van der Waals surface area contributed by atoms with Gasteiger partial charge in [-0.15, -0.1) is 0 Å². The number of benzene rings is 7. The van der Waals surface area contributed by atoms with Crippen LogP contribution in [0.15, 0.2) is 164 Å². The first-order valence-electron chi connectivity index (χ1n) is 16.9. The number of nitrogens with zero attached hydrogens (tertiary/aromatic N) is 2. The number of hydrogen-bond acceptors (Lipinski definition) is 2. The first kappa shape index (κ1) is 27.7. The lowest BCUT2D eigenvalue weighted by Gasteiger charge is -2.14. The highest BCUT2D eigenvalue weighted by molar-refractivity contribution is 6.07. The van der Waals surface area contributed by atoms with Crippen LogP contribution < -0.4 is 0 Å². The maximum atomic E-state index is 5.18. The Balaban J connectivity index is 1.03. The van der Waals surface area contributed by atoms with E-state index in [1.54, 1.807) is 0 Å². The second-order valence-corrected chi connectivity index (χ2v) is 13.0. The van der Waals surface area contributed by atoms with Gasteiger partial charge in [-0.3, -0.25) is 4.98 Å². The molecule has 2 nitrogen and oxygen atoms in total. The van der Waals surface area contributed by atoms with E-state index in [4.69, 9.17) is 4.98 Å². The molecule has 0 bridgehead atoms. The van der Waals surface area contributed by atoms with Crippen LogP contribution >= 0.6 is 0 Å². The van der Waals surface area contributed by atoms with Crippen LogP contribution in [-0.2, 0) is 6.42 Å². The van der Waals surface area contributed by atoms with E-state index < -0.39 is 0 Å². The van der Waals surface area contributed by atoms with Crippen LogP contribution in [-0.4, -0.2) is 9.97 Å². The second kappa shape index (κ2) is 11.1. The monoisotopic (exact) mass is 622 g/mol. The standard InChI is InChI=1S/C47H30N2/c1-2-13-39-30(8-1)9-6-16-40(39)38-28-35-20-19-34(27-37(35)29-38)33-10-5-11-36(26-33)41-22-23-44(43-15-4-3-14-42(41)43)45-24-21-32-18-17-31-12-7-25-48-46(31)47(32)49-45/h1-27,29H,28H2. The minimum absolute atomic E-state index is 0.935. The zero-order chi connectivity index (χ0) is 32.3. The quantitative estimate of drug-likeness (QED) is 0.183. The Morgan fingerprint density at radius 1 is 0.429 bits per heavy atom. The van der Waals surface area contributed by atoms with Crippen molar-refractivity contribution >= 4 is 55.0 Å². The number of aromatic nitrogens is 2. The van der Waals surface area contributed by atoms with E-state index >= 15 is 0 Å². The van der Waals surface area contributed by atoms with E-state index in [-0.39, 0.29) is 0 Å². The van der Waals surface area contributed by atoms with Crippen LogP contribution in [0.2, 0.25) is 0 Å². The topological polar surface area (TPSA) is 25.8 Å². The zero-order valence-electron chi connectivity index (χ0n) is 26.8. The molecule has 1 aliphatic carbocycles. The van der Waals surface area contributed by atoms with E-state index in [9.17, 15) is 0 Å². The molecule has 0 N–H and O–H groups in total. The number of fused-ring (bicyclic) bond motifs is 6. The molecule has 0 saturated heterocycles. The Hall–Kier alpha value is -6.38. The predicted octanol–water partition coefficient (Wildman–Crippen LogP) is 12.2. The molecule has 1 aliphatic rings. The summed E-state index contributed by atoms with van der Waals surface area (Å²) in [6, 6.07) is 57.0. The molecule has 228 valence electrons. The average molecular weight is 623 g/mol. The Morgan fingerprint density at radius 3 is 2.04 bits per heavy atom. The molecule has 0 atom stereocenters. The number of allylic oxidation sites excluding steroid dienone is 1. The highest BCUT2D eigenvalue weighted by atomic mass is 14.8. The van der Waals surface area contributed by atoms with Crippen LogP contribution in [0.5, 0.6) is 0 Å². The van der Waals surface area contributed by atoms with Crippen molar-refractivity contribution in [2.75, 3.05) is 0 Å². The first-order chi connectivity index (χ1) is 24.3. The van der Waals surface area contributed by atoms with Crippen LogP contribution in [0, 0.1) is 0 Å². The molecule has 0 saturated carbocycles. The van der Waals surface area contributed by atoms with Crippen molar-refractivity contribution in [3.63, 3.8) is 0 Å². The average Bonchev–Trinajstić information content (AvgIpc) is 3.60. The van der Waals surface area contributed by atoms with Gasteiger partial charge >= 0.3 is 0 Å². The van der Waals surface area contributed by atoms with Gasteiger partial charge in [0.1, 0.15) is 0 Å². The van der Waals surface area contributed by atoms with Crippen molar-refractivity contribution in [1.29, 1.82) is 0 Å². The minimum Gasteiger partial charge on any atom is -0.254 e. The van der Waals surface area contributed by atoms with Crippen molar-refractivity contribution in [3.8, 4) is 33.5 Å². The maximum absolute atomic E-state index is 5.18. The molecule has 0 aliphatic heterocycles. The highest BCUT2D eigenvalue weighted by Gasteiger charge is 2.17. The normalized spacial score (nSPS) is 12.5. The summed E-state index contributed by atoms with van der Waals surface area (Å²) in [5.41, 5.74) is 14.2. The Bertz CT molecular complexity index is 2800. The first-order valence-corrected chi connectivity index (χ1v) is 16.9. The molecule has 0 spiro atoms. The van der Waals surface area contributed by atoms with E-state index in [0.29, 0.717) is 0 Å². The van der Waals surface area contributed by atoms with Crippen LogP contribution in [0.3, 0.4) is 0 Å². The summed E-state index contributed by atoms with van der Waals surface area (Å²) in [6.45, 7) is 0.